The summed E-state index contributed by atoms with van der Waals surface area (Å²) >= 11 is 0. The van der Waals surface area contributed by atoms with E-state index in [0.29, 0.717) is 11.5 Å². The zero-order valence-corrected chi connectivity index (χ0v) is 13.1. The molecule has 0 saturated heterocycles. The average Bonchev–Trinajstić information content (AvgIpc) is 2.82. The number of aromatic nitrogens is 4. The van der Waals surface area contributed by atoms with Crippen LogP contribution in [0, 0.1) is 25.5 Å². The molecule has 1 aromatic carbocycles. The lowest BCUT2D eigenvalue weighted by Gasteiger charge is -2.05. The van der Waals surface area contributed by atoms with Crippen molar-refractivity contribution in [1.82, 2.24) is 19.7 Å². The highest BCUT2D eigenvalue weighted by molar-refractivity contribution is 5.77. The van der Waals surface area contributed by atoms with Gasteiger partial charge in [-0.05, 0) is 19.9 Å². The van der Waals surface area contributed by atoms with E-state index in [-0.39, 0.29) is 12.1 Å². The molecule has 116 valence electrons. The molecule has 0 amide bonds. The van der Waals surface area contributed by atoms with Gasteiger partial charge in [0.1, 0.15) is 5.82 Å². The number of hydrogen-bond acceptors (Lipinski definition) is 3. The van der Waals surface area contributed by atoms with Crippen LogP contribution in [0.4, 0.5) is 8.78 Å². The van der Waals surface area contributed by atoms with Crippen LogP contribution in [0.5, 0.6) is 0 Å². The molecule has 0 atom stereocenters. The molecule has 0 aliphatic carbocycles. The van der Waals surface area contributed by atoms with Gasteiger partial charge >= 0.3 is 0 Å². The molecule has 0 aliphatic rings. The molecule has 0 unspecified atom stereocenters. The van der Waals surface area contributed by atoms with Crippen LogP contribution in [0.15, 0.2) is 24.4 Å². The summed E-state index contributed by atoms with van der Waals surface area (Å²) in [6, 6.07) is 4.11. The average molecular weight is 304 g/mol. The molecule has 0 fully saturated rings. The Morgan fingerprint density at radius 1 is 1.14 bits per heavy atom. The van der Waals surface area contributed by atoms with E-state index in [9.17, 15) is 8.78 Å². The Labute approximate surface area is 127 Å². The second kappa shape index (κ2) is 6.60. The predicted octanol–water partition coefficient (Wildman–Crippen LogP) is 3.80. The molecule has 0 saturated carbocycles. The van der Waals surface area contributed by atoms with Crippen molar-refractivity contribution < 1.29 is 8.78 Å². The van der Waals surface area contributed by atoms with Crippen LogP contribution in [0.2, 0.25) is 0 Å². The summed E-state index contributed by atoms with van der Waals surface area (Å²) in [6.45, 7) is 7.73. The number of hydrogen-bond donors (Lipinski definition) is 0. The van der Waals surface area contributed by atoms with Crippen LogP contribution in [0.25, 0.3) is 11.0 Å². The van der Waals surface area contributed by atoms with Gasteiger partial charge in [0.05, 0.1) is 17.6 Å². The van der Waals surface area contributed by atoms with Crippen molar-refractivity contribution in [3.05, 3.63) is 53.1 Å². The Morgan fingerprint density at radius 2 is 1.86 bits per heavy atom. The molecule has 4 nitrogen and oxygen atoms in total. The summed E-state index contributed by atoms with van der Waals surface area (Å²) in [5.41, 5.74) is 1.63. The first-order chi connectivity index (χ1) is 10.6. The van der Waals surface area contributed by atoms with Crippen molar-refractivity contribution >= 4 is 11.0 Å². The van der Waals surface area contributed by atoms with Crippen molar-refractivity contribution in [2.75, 3.05) is 0 Å². The minimum Gasteiger partial charge on any atom is -0.242 e. The van der Waals surface area contributed by atoms with Gasteiger partial charge in [-0.1, -0.05) is 26.0 Å². The fourth-order valence-electron chi connectivity index (χ4n) is 2.13. The molecule has 6 heteroatoms. The largest absolute Gasteiger partial charge is 0.242 e. The monoisotopic (exact) mass is 304 g/mol. The maximum atomic E-state index is 13.7. The maximum absolute atomic E-state index is 13.7. The van der Waals surface area contributed by atoms with E-state index in [1.165, 1.54) is 12.1 Å². The van der Waals surface area contributed by atoms with Crippen LogP contribution in [0.3, 0.4) is 0 Å². The molecule has 3 rings (SSSR count). The standard InChI is InChI=1S/C14H12F2N4.C2H6/c1-8-11-6-17-9(2)18-14(11)20(19-8)7-10-4-3-5-12(15)13(10)16;1-2/h3-6H,7H2,1-2H3;1-2H3. The fourth-order valence-corrected chi connectivity index (χ4v) is 2.13. The number of benzene rings is 1. The van der Waals surface area contributed by atoms with Gasteiger partial charge in [0.15, 0.2) is 17.3 Å². The predicted molar refractivity (Wildman–Crippen MR) is 81.6 cm³/mol. The van der Waals surface area contributed by atoms with Gasteiger partial charge in [0, 0.05) is 11.8 Å². The van der Waals surface area contributed by atoms with E-state index >= 15 is 0 Å². The minimum absolute atomic E-state index is 0.129. The second-order valence-electron chi connectivity index (χ2n) is 4.61. The van der Waals surface area contributed by atoms with E-state index in [2.05, 4.69) is 15.1 Å². The first-order valence-electron chi connectivity index (χ1n) is 7.16. The normalized spacial score (nSPS) is 10.5. The highest BCUT2D eigenvalue weighted by Crippen LogP contribution is 2.18. The summed E-state index contributed by atoms with van der Waals surface area (Å²) in [4.78, 5) is 8.44. The van der Waals surface area contributed by atoms with E-state index in [1.54, 1.807) is 17.8 Å². The topological polar surface area (TPSA) is 43.6 Å². The zero-order valence-electron chi connectivity index (χ0n) is 13.1. The van der Waals surface area contributed by atoms with Crippen molar-refractivity contribution in [2.24, 2.45) is 0 Å². The molecular weight excluding hydrogens is 286 g/mol. The molecule has 2 heterocycles. The van der Waals surface area contributed by atoms with Gasteiger partial charge in [0.25, 0.3) is 0 Å². The van der Waals surface area contributed by atoms with Gasteiger partial charge in [-0.3, -0.25) is 0 Å². The van der Waals surface area contributed by atoms with E-state index in [0.717, 1.165) is 17.1 Å². The number of halogens is 2. The molecular formula is C16H18F2N4. The zero-order chi connectivity index (χ0) is 16.3. The third kappa shape index (κ3) is 2.95. The highest BCUT2D eigenvalue weighted by Gasteiger charge is 2.13. The number of rotatable bonds is 2. The number of fused-ring (bicyclic) bond motifs is 1. The lowest BCUT2D eigenvalue weighted by Crippen LogP contribution is -2.06. The van der Waals surface area contributed by atoms with Crippen molar-refractivity contribution in [1.29, 1.82) is 0 Å². The summed E-state index contributed by atoms with van der Waals surface area (Å²) in [5, 5.41) is 5.13. The Morgan fingerprint density at radius 3 is 2.59 bits per heavy atom. The Balaban J connectivity index is 0.000000847. The molecule has 0 N–H and O–H groups in total. The van der Waals surface area contributed by atoms with Crippen LogP contribution in [-0.2, 0) is 6.54 Å². The lowest BCUT2D eigenvalue weighted by molar-refractivity contribution is 0.492. The van der Waals surface area contributed by atoms with Crippen LogP contribution < -0.4 is 0 Å². The second-order valence-corrected chi connectivity index (χ2v) is 4.61. The Bertz CT molecular complexity index is 796. The molecule has 3 aromatic rings. The summed E-state index contributed by atoms with van der Waals surface area (Å²) in [5.74, 6) is -1.10. The van der Waals surface area contributed by atoms with Crippen LogP contribution in [-0.4, -0.2) is 19.7 Å². The van der Waals surface area contributed by atoms with Crippen LogP contribution in [0.1, 0.15) is 30.9 Å². The van der Waals surface area contributed by atoms with Crippen molar-refractivity contribution in [2.45, 2.75) is 34.2 Å². The molecule has 0 spiro atoms. The van der Waals surface area contributed by atoms with Gasteiger partial charge < -0.3 is 0 Å². The van der Waals surface area contributed by atoms with Gasteiger partial charge in [-0.2, -0.15) is 5.10 Å². The van der Waals surface area contributed by atoms with Crippen molar-refractivity contribution in [3.63, 3.8) is 0 Å². The van der Waals surface area contributed by atoms with Crippen LogP contribution >= 0.6 is 0 Å². The smallest absolute Gasteiger partial charge is 0.163 e. The van der Waals surface area contributed by atoms with Gasteiger partial charge in [-0.15, -0.1) is 0 Å². The third-order valence-corrected chi connectivity index (χ3v) is 3.15. The first-order valence-corrected chi connectivity index (χ1v) is 7.16. The van der Waals surface area contributed by atoms with E-state index < -0.39 is 11.6 Å². The third-order valence-electron chi connectivity index (χ3n) is 3.15. The quantitative estimate of drug-likeness (QED) is 0.723. The molecule has 2 aromatic heterocycles. The first kappa shape index (κ1) is 16.0. The van der Waals surface area contributed by atoms with Crippen molar-refractivity contribution in [3.8, 4) is 0 Å². The number of nitrogens with zero attached hydrogens (tertiary/aromatic N) is 4. The van der Waals surface area contributed by atoms with Gasteiger partial charge in [0.2, 0.25) is 0 Å². The Kier molecular flexibility index (Phi) is 4.80. The fraction of sp³-hybridized carbons (Fsp3) is 0.312. The SMILES string of the molecule is CC.Cc1ncc2c(C)nn(Cc3cccc(F)c3F)c2n1. The lowest BCUT2D eigenvalue weighted by atomic mass is 10.2. The summed E-state index contributed by atoms with van der Waals surface area (Å²) in [7, 11) is 0. The Hall–Kier alpha value is -2.37. The molecule has 0 radical (unpaired) electrons. The molecule has 22 heavy (non-hydrogen) atoms. The summed E-state index contributed by atoms with van der Waals surface area (Å²) < 4.78 is 28.5. The minimum atomic E-state index is -0.860. The summed E-state index contributed by atoms with van der Waals surface area (Å²) in [6.07, 6.45) is 1.69. The number of aryl methyl sites for hydroxylation is 2. The van der Waals surface area contributed by atoms with E-state index in [1.807, 2.05) is 20.8 Å². The molecule has 0 aliphatic heterocycles. The van der Waals surface area contributed by atoms with E-state index in [4.69, 9.17) is 0 Å². The maximum Gasteiger partial charge on any atom is 0.163 e. The molecule has 0 bridgehead atoms. The highest BCUT2D eigenvalue weighted by atomic mass is 19.2. The van der Waals surface area contributed by atoms with Gasteiger partial charge in [-0.25, -0.2) is 23.4 Å².